The van der Waals surface area contributed by atoms with Gasteiger partial charge < -0.3 is 10.0 Å². The van der Waals surface area contributed by atoms with E-state index in [1.54, 1.807) is 12.1 Å². The fourth-order valence-electron chi connectivity index (χ4n) is 2.35. The monoisotopic (exact) mass is 269 g/mol. The Hall–Kier alpha value is -1.07. The van der Waals surface area contributed by atoms with Gasteiger partial charge in [0.15, 0.2) is 9.84 Å². The van der Waals surface area contributed by atoms with E-state index in [1.807, 2.05) is 12.1 Å². The van der Waals surface area contributed by atoms with Crippen molar-refractivity contribution in [3.63, 3.8) is 0 Å². The van der Waals surface area contributed by atoms with Gasteiger partial charge in [0.1, 0.15) is 0 Å². The molecular formula is C13H19NO3S. The zero-order valence-corrected chi connectivity index (χ0v) is 11.4. The van der Waals surface area contributed by atoms with E-state index in [9.17, 15) is 13.5 Å². The lowest BCUT2D eigenvalue weighted by Gasteiger charge is -2.33. The topological polar surface area (TPSA) is 57.6 Å². The highest BCUT2D eigenvalue weighted by molar-refractivity contribution is 7.90. The van der Waals surface area contributed by atoms with Gasteiger partial charge in [0.05, 0.1) is 4.90 Å². The molecule has 1 N–H and O–H groups in total. The van der Waals surface area contributed by atoms with Gasteiger partial charge in [-0.05, 0) is 43.0 Å². The van der Waals surface area contributed by atoms with Crippen LogP contribution in [0.1, 0.15) is 12.8 Å². The van der Waals surface area contributed by atoms with E-state index in [4.69, 9.17) is 0 Å². The SMILES string of the molecule is CS(=O)(=O)c1ccc(N2CCC[C@@H](CO)C2)cc1. The zero-order valence-electron chi connectivity index (χ0n) is 10.5. The summed E-state index contributed by atoms with van der Waals surface area (Å²) in [5.74, 6) is 0.327. The number of nitrogens with zero attached hydrogens (tertiary/aromatic N) is 1. The number of sulfone groups is 1. The van der Waals surface area contributed by atoms with Gasteiger partial charge in [-0.3, -0.25) is 0 Å². The number of benzene rings is 1. The molecule has 2 rings (SSSR count). The summed E-state index contributed by atoms with van der Waals surface area (Å²) >= 11 is 0. The fourth-order valence-corrected chi connectivity index (χ4v) is 2.98. The van der Waals surface area contributed by atoms with Crippen molar-refractivity contribution < 1.29 is 13.5 Å². The molecule has 0 amide bonds. The van der Waals surface area contributed by atoms with Gasteiger partial charge in [0.2, 0.25) is 0 Å². The summed E-state index contributed by atoms with van der Waals surface area (Å²) in [4.78, 5) is 2.55. The lowest BCUT2D eigenvalue weighted by molar-refractivity contribution is 0.209. The first-order chi connectivity index (χ1) is 8.50. The third kappa shape index (κ3) is 3.03. The number of rotatable bonds is 3. The van der Waals surface area contributed by atoms with E-state index < -0.39 is 9.84 Å². The zero-order chi connectivity index (χ0) is 13.2. The highest BCUT2D eigenvalue weighted by Gasteiger charge is 2.19. The molecule has 4 nitrogen and oxygen atoms in total. The van der Waals surface area contributed by atoms with Crippen molar-refractivity contribution >= 4 is 15.5 Å². The average Bonchev–Trinajstić information content (AvgIpc) is 2.38. The van der Waals surface area contributed by atoms with Gasteiger partial charge in [-0.25, -0.2) is 8.42 Å². The number of hydrogen-bond donors (Lipinski definition) is 1. The third-order valence-corrected chi connectivity index (χ3v) is 4.54. The Morgan fingerprint density at radius 1 is 1.33 bits per heavy atom. The van der Waals surface area contributed by atoms with E-state index in [0.717, 1.165) is 31.6 Å². The van der Waals surface area contributed by atoms with Crippen LogP contribution in [0.15, 0.2) is 29.2 Å². The van der Waals surface area contributed by atoms with Crippen molar-refractivity contribution in [1.82, 2.24) is 0 Å². The number of piperidine rings is 1. The van der Waals surface area contributed by atoms with Crippen LogP contribution >= 0.6 is 0 Å². The van der Waals surface area contributed by atoms with Crippen LogP contribution in [-0.4, -0.2) is 39.5 Å². The number of aliphatic hydroxyl groups is 1. The Balaban J connectivity index is 2.14. The molecule has 5 heteroatoms. The minimum absolute atomic E-state index is 0.220. The van der Waals surface area contributed by atoms with Gasteiger partial charge in [-0.2, -0.15) is 0 Å². The molecule has 0 bridgehead atoms. The van der Waals surface area contributed by atoms with Crippen LogP contribution in [0.3, 0.4) is 0 Å². The van der Waals surface area contributed by atoms with Crippen LogP contribution in [0.4, 0.5) is 5.69 Å². The minimum Gasteiger partial charge on any atom is -0.396 e. The molecule has 18 heavy (non-hydrogen) atoms. The van der Waals surface area contributed by atoms with Gasteiger partial charge in [0.25, 0.3) is 0 Å². The van der Waals surface area contributed by atoms with E-state index in [0.29, 0.717) is 10.8 Å². The molecule has 0 spiro atoms. The van der Waals surface area contributed by atoms with E-state index in [1.165, 1.54) is 6.26 Å². The predicted octanol–water partition coefficient (Wildman–Crippen LogP) is 1.30. The molecule has 1 aliphatic rings. The Labute approximate surface area is 108 Å². The van der Waals surface area contributed by atoms with Crippen LogP contribution in [0, 0.1) is 5.92 Å². The maximum atomic E-state index is 11.4. The van der Waals surface area contributed by atoms with Gasteiger partial charge in [-0.1, -0.05) is 0 Å². The van der Waals surface area contributed by atoms with Crippen LogP contribution in [0.5, 0.6) is 0 Å². The molecule has 0 aliphatic carbocycles. The Kier molecular flexibility index (Phi) is 3.92. The predicted molar refractivity (Wildman–Crippen MR) is 71.6 cm³/mol. The molecule has 1 atom stereocenters. The van der Waals surface area contributed by atoms with E-state index in [2.05, 4.69) is 4.90 Å². The van der Waals surface area contributed by atoms with Gasteiger partial charge in [-0.15, -0.1) is 0 Å². The standard InChI is InChI=1S/C13H19NO3S/c1-18(16,17)13-6-4-12(5-7-13)14-8-2-3-11(9-14)10-15/h4-7,11,15H,2-3,8-10H2,1H3/t11-/m1/s1. The summed E-state index contributed by atoms with van der Waals surface area (Å²) in [7, 11) is -3.12. The van der Waals surface area contributed by atoms with Crippen LogP contribution in [0.25, 0.3) is 0 Å². The molecule has 100 valence electrons. The molecule has 1 aromatic carbocycles. The molecular weight excluding hydrogens is 250 g/mol. The first kappa shape index (κ1) is 13.4. The second-order valence-corrected chi connectivity index (χ2v) is 6.92. The molecule has 0 unspecified atom stereocenters. The summed E-state index contributed by atoms with van der Waals surface area (Å²) in [5.41, 5.74) is 1.03. The summed E-state index contributed by atoms with van der Waals surface area (Å²) in [5, 5.41) is 9.20. The average molecular weight is 269 g/mol. The lowest BCUT2D eigenvalue weighted by atomic mass is 9.98. The molecule has 0 radical (unpaired) electrons. The summed E-state index contributed by atoms with van der Waals surface area (Å²) in [6.07, 6.45) is 3.35. The number of hydrogen-bond acceptors (Lipinski definition) is 4. The molecule has 1 aromatic rings. The number of aliphatic hydroxyl groups excluding tert-OH is 1. The van der Waals surface area contributed by atoms with Crippen molar-refractivity contribution in [2.45, 2.75) is 17.7 Å². The Morgan fingerprint density at radius 3 is 2.56 bits per heavy atom. The highest BCUT2D eigenvalue weighted by Crippen LogP contribution is 2.24. The molecule has 0 aromatic heterocycles. The van der Waals surface area contributed by atoms with Crippen molar-refractivity contribution in [2.75, 3.05) is 30.9 Å². The minimum atomic E-state index is -3.12. The molecule has 1 saturated heterocycles. The quantitative estimate of drug-likeness (QED) is 0.898. The van der Waals surface area contributed by atoms with Crippen molar-refractivity contribution in [2.24, 2.45) is 5.92 Å². The van der Waals surface area contributed by atoms with Gasteiger partial charge in [0, 0.05) is 31.6 Å². The molecule has 1 heterocycles. The maximum absolute atomic E-state index is 11.4. The van der Waals surface area contributed by atoms with Crippen LogP contribution < -0.4 is 4.90 Å². The molecule has 1 aliphatic heterocycles. The number of anilines is 1. The molecule has 1 fully saturated rings. The maximum Gasteiger partial charge on any atom is 0.175 e. The Morgan fingerprint density at radius 2 is 2.00 bits per heavy atom. The second-order valence-electron chi connectivity index (χ2n) is 4.90. The van der Waals surface area contributed by atoms with Crippen molar-refractivity contribution in [1.29, 1.82) is 0 Å². The molecule has 0 saturated carbocycles. The first-order valence-electron chi connectivity index (χ1n) is 6.16. The lowest BCUT2D eigenvalue weighted by Crippen LogP contribution is -2.36. The summed E-state index contributed by atoms with van der Waals surface area (Å²) < 4.78 is 22.7. The van der Waals surface area contributed by atoms with Crippen LogP contribution in [-0.2, 0) is 9.84 Å². The van der Waals surface area contributed by atoms with E-state index >= 15 is 0 Å². The van der Waals surface area contributed by atoms with Gasteiger partial charge >= 0.3 is 0 Å². The van der Waals surface area contributed by atoms with Crippen molar-refractivity contribution in [3.05, 3.63) is 24.3 Å². The Bertz CT molecular complexity index is 495. The highest BCUT2D eigenvalue weighted by atomic mass is 32.2. The first-order valence-corrected chi connectivity index (χ1v) is 8.06. The third-order valence-electron chi connectivity index (χ3n) is 3.41. The van der Waals surface area contributed by atoms with Crippen LogP contribution in [0.2, 0.25) is 0 Å². The smallest absolute Gasteiger partial charge is 0.175 e. The fraction of sp³-hybridized carbons (Fsp3) is 0.538. The summed E-state index contributed by atoms with van der Waals surface area (Å²) in [6, 6.07) is 6.98. The van der Waals surface area contributed by atoms with Crippen molar-refractivity contribution in [3.8, 4) is 0 Å². The summed E-state index contributed by atoms with van der Waals surface area (Å²) in [6.45, 7) is 2.03. The second kappa shape index (κ2) is 5.28. The van der Waals surface area contributed by atoms with E-state index in [-0.39, 0.29) is 6.61 Å². The normalized spacial score (nSPS) is 21.0. The largest absolute Gasteiger partial charge is 0.396 e.